The SMILES string of the molecule is Cc1cc(C)nc(NC(=O)C2Cc3ccccc3N2)c1. The minimum absolute atomic E-state index is 0.0429. The molecular weight excluding hydrogens is 250 g/mol. The number of carbonyl (C=O) groups excluding carboxylic acids is 1. The maximum Gasteiger partial charge on any atom is 0.248 e. The van der Waals surface area contributed by atoms with Gasteiger partial charge in [-0.05, 0) is 43.2 Å². The smallest absolute Gasteiger partial charge is 0.248 e. The van der Waals surface area contributed by atoms with Crippen LogP contribution in [-0.2, 0) is 11.2 Å². The van der Waals surface area contributed by atoms with Gasteiger partial charge in [0.05, 0.1) is 0 Å². The number of aromatic nitrogens is 1. The molecular formula is C16H17N3O. The summed E-state index contributed by atoms with van der Waals surface area (Å²) in [4.78, 5) is 16.6. The van der Waals surface area contributed by atoms with Crippen LogP contribution in [0.5, 0.6) is 0 Å². The highest BCUT2D eigenvalue weighted by atomic mass is 16.2. The Morgan fingerprint density at radius 2 is 2.10 bits per heavy atom. The summed E-state index contributed by atoms with van der Waals surface area (Å²) in [6, 6.07) is 11.6. The first kappa shape index (κ1) is 12.7. The van der Waals surface area contributed by atoms with E-state index in [1.807, 2.05) is 50.2 Å². The van der Waals surface area contributed by atoms with E-state index >= 15 is 0 Å². The first-order valence-corrected chi connectivity index (χ1v) is 6.72. The summed E-state index contributed by atoms with van der Waals surface area (Å²) in [5.74, 6) is 0.573. The summed E-state index contributed by atoms with van der Waals surface area (Å²) in [6.45, 7) is 3.92. The number of hydrogen-bond acceptors (Lipinski definition) is 3. The van der Waals surface area contributed by atoms with Crippen LogP contribution in [0.3, 0.4) is 0 Å². The fourth-order valence-corrected chi connectivity index (χ4v) is 2.57. The molecule has 0 aliphatic carbocycles. The van der Waals surface area contributed by atoms with Gasteiger partial charge in [0.25, 0.3) is 0 Å². The van der Waals surface area contributed by atoms with Gasteiger partial charge in [-0.2, -0.15) is 0 Å². The molecule has 4 heteroatoms. The van der Waals surface area contributed by atoms with E-state index in [1.165, 1.54) is 5.56 Å². The Balaban J connectivity index is 1.72. The molecule has 4 nitrogen and oxygen atoms in total. The number of amides is 1. The van der Waals surface area contributed by atoms with Crippen molar-refractivity contribution in [2.24, 2.45) is 0 Å². The number of carbonyl (C=O) groups is 1. The van der Waals surface area contributed by atoms with E-state index < -0.39 is 0 Å². The van der Waals surface area contributed by atoms with Crippen molar-refractivity contribution in [3.8, 4) is 0 Å². The van der Waals surface area contributed by atoms with E-state index in [1.54, 1.807) is 0 Å². The zero-order valence-corrected chi connectivity index (χ0v) is 11.6. The Hall–Kier alpha value is -2.36. The molecule has 1 unspecified atom stereocenters. The Labute approximate surface area is 118 Å². The average Bonchev–Trinajstić information content (AvgIpc) is 2.81. The van der Waals surface area contributed by atoms with E-state index in [2.05, 4.69) is 15.6 Å². The molecule has 0 bridgehead atoms. The van der Waals surface area contributed by atoms with Crippen LogP contribution in [0.15, 0.2) is 36.4 Å². The first-order valence-electron chi connectivity index (χ1n) is 6.72. The molecule has 0 radical (unpaired) electrons. The van der Waals surface area contributed by atoms with E-state index in [4.69, 9.17) is 0 Å². The van der Waals surface area contributed by atoms with Crippen molar-refractivity contribution in [1.82, 2.24) is 4.98 Å². The Bertz CT molecular complexity index is 621. The van der Waals surface area contributed by atoms with Gasteiger partial charge in [0.1, 0.15) is 11.9 Å². The molecule has 1 aromatic carbocycles. The summed E-state index contributed by atoms with van der Waals surface area (Å²) in [5.41, 5.74) is 4.22. The van der Waals surface area contributed by atoms with Crippen molar-refractivity contribution in [3.05, 3.63) is 53.2 Å². The standard InChI is InChI=1S/C16H17N3O/c1-10-7-11(2)17-15(8-10)19-16(20)14-9-12-5-3-4-6-13(12)18-14/h3-8,14,18H,9H2,1-2H3,(H,17,19,20). The number of pyridine rings is 1. The van der Waals surface area contributed by atoms with Crippen molar-refractivity contribution in [3.63, 3.8) is 0 Å². The molecule has 1 aromatic heterocycles. The number of benzene rings is 1. The summed E-state index contributed by atoms with van der Waals surface area (Å²) in [7, 11) is 0. The van der Waals surface area contributed by atoms with Gasteiger partial charge in [0.2, 0.25) is 5.91 Å². The van der Waals surface area contributed by atoms with Crippen LogP contribution >= 0.6 is 0 Å². The zero-order chi connectivity index (χ0) is 14.1. The Kier molecular flexibility index (Phi) is 3.14. The third kappa shape index (κ3) is 2.50. The largest absolute Gasteiger partial charge is 0.373 e. The number of nitrogens with zero attached hydrogens (tertiary/aromatic N) is 1. The van der Waals surface area contributed by atoms with E-state index in [0.29, 0.717) is 12.2 Å². The van der Waals surface area contributed by atoms with Crippen LogP contribution < -0.4 is 10.6 Å². The summed E-state index contributed by atoms with van der Waals surface area (Å²) in [6.07, 6.45) is 0.715. The quantitative estimate of drug-likeness (QED) is 0.879. The van der Waals surface area contributed by atoms with Gasteiger partial charge >= 0.3 is 0 Å². The maximum absolute atomic E-state index is 12.3. The highest BCUT2D eigenvalue weighted by molar-refractivity contribution is 5.97. The van der Waals surface area contributed by atoms with Crippen LogP contribution in [0.1, 0.15) is 16.8 Å². The highest BCUT2D eigenvalue weighted by Crippen LogP contribution is 2.25. The third-order valence-corrected chi connectivity index (χ3v) is 3.44. The second-order valence-corrected chi connectivity index (χ2v) is 5.22. The van der Waals surface area contributed by atoms with Gasteiger partial charge in [-0.25, -0.2) is 4.98 Å². The lowest BCUT2D eigenvalue weighted by Crippen LogP contribution is -2.33. The molecule has 0 saturated heterocycles. The van der Waals surface area contributed by atoms with Crippen LogP contribution in [0.4, 0.5) is 11.5 Å². The summed E-state index contributed by atoms with van der Waals surface area (Å²) in [5, 5.41) is 6.13. The molecule has 1 atom stereocenters. The van der Waals surface area contributed by atoms with Crippen LogP contribution in [0.2, 0.25) is 0 Å². The number of hydrogen-bond donors (Lipinski definition) is 2. The fraction of sp³-hybridized carbons (Fsp3) is 0.250. The molecule has 2 heterocycles. The molecule has 1 aliphatic rings. The van der Waals surface area contributed by atoms with E-state index in [-0.39, 0.29) is 11.9 Å². The van der Waals surface area contributed by atoms with Crippen molar-refractivity contribution in [2.45, 2.75) is 26.3 Å². The summed E-state index contributed by atoms with van der Waals surface area (Å²) >= 11 is 0. The lowest BCUT2D eigenvalue weighted by atomic mass is 10.1. The van der Waals surface area contributed by atoms with Gasteiger partial charge < -0.3 is 10.6 Å². The van der Waals surface area contributed by atoms with Crippen LogP contribution in [0, 0.1) is 13.8 Å². The molecule has 0 spiro atoms. The molecule has 1 amide bonds. The normalized spacial score (nSPS) is 16.4. The molecule has 3 rings (SSSR count). The predicted molar refractivity (Wildman–Crippen MR) is 79.9 cm³/mol. The number of rotatable bonds is 2. The zero-order valence-electron chi connectivity index (χ0n) is 11.6. The Morgan fingerprint density at radius 3 is 2.85 bits per heavy atom. The minimum atomic E-state index is -0.227. The monoisotopic (exact) mass is 267 g/mol. The lowest BCUT2D eigenvalue weighted by Gasteiger charge is -2.12. The number of aryl methyl sites for hydroxylation is 2. The fourth-order valence-electron chi connectivity index (χ4n) is 2.57. The van der Waals surface area contributed by atoms with Gasteiger partial charge in [0.15, 0.2) is 0 Å². The number of para-hydroxylation sites is 1. The molecule has 20 heavy (non-hydrogen) atoms. The molecule has 102 valence electrons. The maximum atomic E-state index is 12.3. The lowest BCUT2D eigenvalue weighted by molar-refractivity contribution is -0.116. The number of fused-ring (bicyclic) bond motifs is 1. The van der Waals surface area contributed by atoms with Crippen LogP contribution in [-0.4, -0.2) is 16.9 Å². The Morgan fingerprint density at radius 1 is 1.30 bits per heavy atom. The van der Waals surface area contributed by atoms with Crippen LogP contribution in [0.25, 0.3) is 0 Å². The van der Waals surface area contributed by atoms with Gasteiger partial charge in [-0.1, -0.05) is 18.2 Å². The number of nitrogens with one attached hydrogen (secondary N) is 2. The highest BCUT2D eigenvalue weighted by Gasteiger charge is 2.26. The second kappa shape index (κ2) is 4.96. The van der Waals surface area contributed by atoms with Crippen molar-refractivity contribution >= 4 is 17.4 Å². The second-order valence-electron chi connectivity index (χ2n) is 5.22. The first-order chi connectivity index (χ1) is 9.61. The molecule has 0 saturated carbocycles. The molecule has 1 aliphatic heterocycles. The number of anilines is 2. The van der Waals surface area contributed by atoms with Crippen molar-refractivity contribution in [2.75, 3.05) is 10.6 Å². The van der Waals surface area contributed by atoms with Gasteiger partial charge in [-0.3, -0.25) is 4.79 Å². The molecule has 2 aromatic rings. The van der Waals surface area contributed by atoms with Crippen molar-refractivity contribution < 1.29 is 4.79 Å². The molecule has 0 fully saturated rings. The average molecular weight is 267 g/mol. The third-order valence-electron chi connectivity index (χ3n) is 3.44. The minimum Gasteiger partial charge on any atom is -0.373 e. The van der Waals surface area contributed by atoms with E-state index in [9.17, 15) is 4.79 Å². The van der Waals surface area contributed by atoms with Gasteiger partial charge in [-0.15, -0.1) is 0 Å². The van der Waals surface area contributed by atoms with Crippen molar-refractivity contribution in [1.29, 1.82) is 0 Å². The molecule has 2 N–H and O–H groups in total. The predicted octanol–water partition coefficient (Wildman–Crippen LogP) is 2.67. The van der Waals surface area contributed by atoms with E-state index in [0.717, 1.165) is 16.9 Å². The summed E-state index contributed by atoms with van der Waals surface area (Å²) < 4.78 is 0. The van der Waals surface area contributed by atoms with Gasteiger partial charge in [0, 0.05) is 17.8 Å². The topological polar surface area (TPSA) is 54.0 Å².